The molecule has 1 heterocycles. The topological polar surface area (TPSA) is 49.4 Å². The van der Waals surface area contributed by atoms with Gasteiger partial charge in [-0.1, -0.05) is 6.92 Å². The summed E-state index contributed by atoms with van der Waals surface area (Å²) in [6.07, 6.45) is 1.70. The molecule has 0 aliphatic carbocycles. The second-order valence-corrected chi connectivity index (χ2v) is 4.59. The largest absolute Gasteiger partial charge is 0.354 e. The first-order valence-electron chi connectivity index (χ1n) is 6.49. The zero-order valence-electron chi connectivity index (χ0n) is 10.9. The fourth-order valence-corrected chi connectivity index (χ4v) is 2.22. The van der Waals surface area contributed by atoms with Crippen LogP contribution in [0.1, 0.15) is 26.2 Å². The van der Waals surface area contributed by atoms with Gasteiger partial charge in [-0.05, 0) is 37.1 Å². The van der Waals surface area contributed by atoms with Crippen LogP contribution in [0.5, 0.6) is 0 Å². The molecule has 1 fully saturated rings. The van der Waals surface area contributed by atoms with E-state index in [1.807, 2.05) is 6.92 Å². The average Bonchev–Trinajstić information content (AvgIpc) is 2.79. The molecule has 1 saturated heterocycles. The van der Waals surface area contributed by atoms with Crippen LogP contribution < -0.4 is 10.2 Å². The van der Waals surface area contributed by atoms with E-state index in [1.54, 1.807) is 0 Å². The molecule has 0 spiro atoms. The molecular formula is C14H17FN2O2. The summed E-state index contributed by atoms with van der Waals surface area (Å²) in [6, 6.07) is 5.16. The Morgan fingerprint density at radius 1 is 1.42 bits per heavy atom. The van der Waals surface area contributed by atoms with Gasteiger partial charge in [-0.3, -0.25) is 14.5 Å². The van der Waals surface area contributed by atoms with Gasteiger partial charge in [0, 0.05) is 18.7 Å². The fourth-order valence-electron chi connectivity index (χ4n) is 2.22. The fraction of sp³-hybridized carbons (Fsp3) is 0.429. The van der Waals surface area contributed by atoms with Crippen LogP contribution in [0.4, 0.5) is 10.1 Å². The van der Waals surface area contributed by atoms with E-state index in [0.717, 1.165) is 6.42 Å². The Labute approximate surface area is 111 Å². The zero-order valence-corrected chi connectivity index (χ0v) is 10.9. The van der Waals surface area contributed by atoms with Crippen LogP contribution in [0, 0.1) is 5.82 Å². The smallest absolute Gasteiger partial charge is 0.243 e. The third-order valence-corrected chi connectivity index (χ3v) is 3.17. The van der Waals surface area contributed by atoms with Crippen molar-refractivity contribution in [3.8, 4) is 0 Å². The van der Waals surface area contributed by atoms with Gasteiger partial charge in [0.05, 0.1) is 0 Å². The van der Waals surface area contributed by atoms with E-state index in [9.17, 15) is 14.0 Å². The molecule has 0 saturated carbocycles. The molecular weight excluding hydrogens is 247 g/mol. The normalized spacial score (nSPS) is 18.7. The minimum Gasteiger partial charge on any atom is -0.354 e. The molecule has 2 amide bonds. The van der Waals surface area contributed by atoms with Crippen molar-refractivity contribution < 1.29 is 14.0 Å². The summed E-state index contributed by atoms with van der Waals surface area (Å²) in [7, 11) is 0. The molecule has 1 atom stereocenters. The summed E-state index contributed by atoms with van der Waals surface area (Å²) in [5.41, 5.74) is 0.570. The maximum Gasteiger partial charge on any atom is 0.243 e. The Bertz CT molecular complexity index is 473. The molecule has 0 radical (unpaired) electrons. The van der Waals surface area contributed by atoms with Crippen molar-refractivity contribution in [1.82, 2.24) is 5.32 Å². The number of carbonyl (C=O) groups excluding carboxylic acids is 2. The van der Waals surface area contributed by atoms with Crippen molar-refractivity contribution in [3.63, 3.8) is 0 Å². The number of hydrogen-bond acceptors (Lipinski definition) is 2. The first-order valence-corrected chi connectivity index (χ1v) is 6.49. The summed E-state index contributed by atoms with van der Waals surface area (Å²) >= 11 is 0. The molecule has 1 N–H and O–H groups in total. The van der Waals surface area contributed by atoms with Gasteiger partial charge in [-0.2, -0.15) is 0 Å². The van der Waals surface area contributed by atoms with Crippen LogP contribution in [0.15, 0.2) is 24.3 Å². The lowest BCUT2D eigenvalue weighted by atomic mass is 10.2. The molecule has 1 aliphatic heterocycles. The first kappa shape index (κ1) is 13.5. The number of nitrogens with one attached hydrogen (secondary N) is 1. The highest BCUT2D eigenvalue weighted by atomic mass is 19.1. The number of anilines is 1. The van der Waals surface area contributed by atoms with Crippen LogP contribution in [0.2, 0.25) is 0 Å². The van der Waals surface area contributed by atoms with E-state index >= 15 is 0 Å². The Morgan fingerprint density at radius 3 is 2.74 bits per heavy atom. The van der Waals surface area contributed by atoms with E-state index < -0.39 is 6.04 Å². The first-order chi connectivity index (χ1) is 9.13. The number of hydrogen-bond donors (Lipinski definition) is 1. The van der Waals surface area contributed by atoms with E-state index in [1.165, 1.54) is 29.2 Å². The Balaban J connectivity index is 2.17. The number of benzene rings is 1. The summed E-state index contributed by atoms with van der Waals surface area (Å²) in [5, 5.41) is 2.80. The number of nitrogens with zero attached hydrogens (tertiary/aromatic N) is 1. The SMILES string of the molecule is CCCNC(=O)C1CCC(=O)N1c1ccc(F)cc1. The van der Waals surface area contributed by atoms with E-state index in [2.05, 4.69) is 5.32 Å². The number of rotatable bonds is 4. The van der Waals surface area contributed by atoms with Gasteiger partial charge in [0.1, 0.15) is 11.9 Å². The molecule has 1 aromatic rings. The molecule has 19 heavy (non-hydrogen) atoms. The Hall–Kier alpha value is -1.91. The molecule has 102 valence electrons. The summed E-state index contributed by atoms with van der Waals surface area (Å²) in [5.74, 6) is -0.595. The molecule has 1 aliphatic rings. The lowest BCUT2D eigenvalue weighted by Gasteiger charge is -2.24. The van der Waals surface area contributed by atoms with Gasteiger partial charge in [0.15, 0.2) is 0 Å². The van der Waals surface area contributed by atoms with Crippen molar-refractivity contribution in [3.05, 3.63) is 30.1 Å². The van der Waals surface area contributed by atoms with Gasteiger partial charge < -0.3 is 5.32 Å². The zero-order chi connectivity index (χ0) is 13.8. The highest BCUT2D eigenvalue weighted by Gasteiger charge is 2.36. The van der Waals surface area contributed by atoms with Crippen molar-refractivity contribution >= 4 is 17.5 Å². The van der Waals surface area contributed by atoms with Crippen molar-refractivity contribution in [2.24, 2.45) is 0 Å². The van der Waals surface area contributed by atoms with Crippen LogP contribution in [0.25, 0.3) is 0 Å². The standard InChI is InChI=1S/C14H17FN2O2/c1-2-9-16-14(19)12-7-8-13(18)17(12)11-5-3-10(15)4-6-11/h3-6,12H,2,7-9H2,1H3,(H,16,19). The lowest BCUT2D eigenvalue weighted by Crippen LogP contribution is -2.45. The van der Waals surface area contributed by atoms with Crippen LogP contribution in [-0.2, 0) is 9.59 Å². The Morgan fingerprint density at radius 2 is 2.11 bits per heavy atom. The number of amides is 2. The predicted octanol–water partition coefficient (Wildman–Crippen LogP) is 1.85. The third-order valence-electron chi connectivity index (χ3n) is 3.17. The monoisotopic (exact) mass is 264 g/mol. The molecule has 5 heteroatoms. The van der Waals surface area contributed by atoms with Crippen molar-refractivity contribution in [2.75, 3.05) is 11.4 Å². The van der Waals surface area contributed by atoms with E-state index in [4.69, 9.17) is 0 Å². The molecule has 2 rings (SSSR count). The Kier molecular flexibility index (Phi) is 4.14. The minimum absolute atomic E-state index is 0.0942. The molecule has 1 unspecified atom stereocenters. The predicted molar refractivity (Wildman–Crippen MR) is 70.2 cm³/mol. The summed E-state index contributed by atoms with van der Waals surface area (Å²) in [4.78, 5) is 25.4. The maximum atomic E-state index is 12.9. The minimum atomic E-state index is -0.482. The lowest BCUT2D eigenvalue weighted by molar-refractivity contribution is -0.123. The van der Waals surface area contributed by atoms with Gasteiger partial charge in [0.25, 0.3) is 0 Å². The van der Waals surface area contributed by atoms with Crippen LogP contribution in [0.3, 0.4) is 0 Å². The highest BCUT2D eigenvalue weighted by Crippen LogP contribution is 2.26. The van der Waals surface area contributed by atoms with E-state index in [0.29, 0.717) is 25.1 Å². The number of halogens is 1. The van der Waals surface area contributed by atoms with Gasteiger partial charge in [-0.25, -0.2) is 4.39 Å². The summed E-state index contributed by atoms with van der Waals surface area (Å²) < 4.78 is 12.9. The quantitative estimate of drug-likeness (QED) is 0.902. The van der Waals surface area contributed by atoms with Crippen LogP contribution >= 0.6 is 0 Å². The third kappa shape index (κ3) is 2.92. The van der Waals surface area contributed by atoms with Crippen LogP contribution in [-0.4, -0.2) is 24.4 Å². The van der Waals surface area contributed by atoms with Gasteiger partial charge in [-0.15, -0.1) is 0 Å². The molecule has 1 aromatic carbocycles. The molecule has 4 nitrogen and oxygen atoms in total. The molecule has 0 bridgehead atoms. The van der Waals surface area contributed by atoms with Crippen molar-refractivity contribution in [1.29, 1.82) is 0 Å². The maximum absolute atomic E-state index is 12.9. The number of carbonyl (C=O) groups is 2. The highest BCUT2D eigenvalue weighted by molar-refractivity contribution is 6.03. The van der Waals surface area contributed by atoms with Gasteiger partial charge in [0.2, 0.25) is 11.8 Å². The average molecular weight is 264 g/mol. The van der Waals surface area contributed by atoms with Crippen molar-refractivity contribution in [2.45, 2.75) is 32.2 Å². The second kappa shape index (κ2) is 5.82. The molecule has 0 aromatic heterocycles. The second-order valence-electron chi connectivity index (χ2n) is 4.59. The van der Waals surface area contributed by atoms with Gasteiger partial charge >= 0.3 is 0 Å². The summed E-state index contributed by atoms with van der Waals surface area (Å²) in [6.45, 7) is 2.57. The van der Waals surface area contributed by atoms with E-state index in [-0.39, 0.29) is 17.6 Å².